The van der Waals surface area contributed by atoms with Crippen LogP contribution in [0, 0.1) is 0 Å². The molecule has 3 rings (SSSR count). The van der Waals surface area contributed by atoms with Crippen LogP contribution in [-0.4, -0.2) is 0 Å². The van der Waals surface area contributed by atoms with E-state index in [9.17, 15) is 0 Å². The Kier molecular flexibility index (Phi) is 3.84. The first-order valence-corrected chi connectivity index (χ1v) is 7.45. The van der Waals surface area contributed by atoms with Crippen molar-refractivity contribution in [2.24, 2.45) is 17.2 Å². The summed E-state index contributed by atoms with van der Waals surface area (Å²) in [6, 6.07) is 16.5. The van der Waals surface area contributed by atoms with Gasteiger partial charge in [0.25, 0.3) is 0 Å². The number of benzene rings is 2. The minimum absolute atomic E-state index is 0.530. The smallest absolute Gasteiger partial charge is 0.0641 e. The summed E-state index contributed by atoms with van der Waals surface area (Å²) in [7, 11) is 0. The molecule has 0 bridgehead atoms. The average Bonchev–Trinajstić information content (AvgIpc) is 2.58. The summed E-state index contributed by atoms with van der Waals surface area (Å²) in [5.74, 6) is 0. The summed E-state index contributed by atoms with van der Waals surface area (Å²) >= 11 is 0. The molecular weight excluding hydrogens is 270 g/mol. The highest BCUT2D eigenvalue weighted by atomic mass is 14.7. The first-order chi connectivity index (χ1) is 10.6. The third-order valence-electron chi connectivity index (χ3n) is 4.15. The fourth-order valence-corrected chi connectivity index (χ4v) is 2.87. The zero-order valence-electron chi connectivity index (χ0n) is 12.5. The number of hydrogen-bond acceptors (Lipinski definition) is 3. The van der Waals surface area contributed by atoms with Crippen molar-refractivity contribution in [3.63, 3.8) is 0 Å². The lowest BCUT2D eigenvalue weighted by Crippen LogP contribution is -2.36. The van der Waals surface area contributed by atoms with Gasteiger partial charge in [-0.25, -0.2) is 0 Å². The van der Waals surface area contributed by atoms with E-state index in [1.807, 2.05) is 42.5 Å². The Balaban J connectivity index is 2.09. The highest BCUT2D eigenvalue weighted by Crippen LogP contribution is 2.35. The molecule has 3 nitrogen and oxygen atoms in total. The molecule has 1 aliphatic rings. The van der Waals surface area contributed by atoms with Crippen molar-refractivity contribution in [3.8, 4) is 11.1 Å². The molecule has 0 amide bonds. The minimum atomic E-state index is -0.530. The first kappa shape index (κ1) is 14.6. The predicted octanol–water partition coefficient (Wildman–Crippen LogP) is 2.77. The molecule has 0 radical (unpaired) electrons. The second-order valence-corrected chi connectivity index (χ2v) is 5.73. The number of hydrogen-bond donors (Lipinski definition) is 3. The Bertz CT molecular complexity index is 746. The van der Waals surface area contributed by atoms with E-state index in [4.69, 9.17) is 17.2 Å². The van der Waals surface area contributed by atoms with Crippen LogP contribution >= 0.6 is 0 Å². The van der Waals surface area contributed by atoms with Crippen molar-refractivity contribution in [1.29, 1.82) is 0 Å². The normalized spacial score (nSPS) is 20.7. The molecule has 0 aromatic heterocycles. The van der Waals surface area contributed by atoms with Crippen LogP contribution < -0.4 is 17.2 Å². The second-order valence-electron chi connectivity index (χ2n) is 5.73. The molecule has 1 unspecified atom stereocenters. The molecule has 1 atom stereocenters. The maximum Gasteiger partial charge on any atom is 0.0641 e. The minimum Gasteiger partial charge on any atom is -0.399 e. The van der Waals surface area contributed by atoms with Crippen molar-refractivity contribution in [1.82, 2.24) is 0 Å². The van der Waals surface area contributed by atoms with Crippen LogP contribution in [0.15, 0.2) is 72.5 Å². The highest BCUT2D eigenvalue weighted by Gasteiger charge is 2.27. The van der Waals surface area contributed by atoms with Crippen molar-refractivity contribution in [2.45, 2.75) is 18.5 Å². The van der Waals surface area contributed by atoms with E-state index in [0.717, 1.165) is 28.0 Å². The first-order valence-electron chi connectivity index (χ1n) is 7.45. The summed E-state index contributed by atoms with van der Waals surface area (Å²) in [6.07, 6.45) is 6.56. The van der Waals surface area contributed by atoms with Crippen LogP contribution in [0.5, 0.6) is 0 Å². The van der Waals surface area contributed by atoms with Gasteiger partial charge in [0.05, 0.1) is 5.54 Å². The van der Waals surface area contributed by atoms with Crippen molar-refractivity contribution >= 4 is 0 Å². The molecule has 112 valence electrons. The Morgan fingerprint density at radius 2 is 1.86 bits per heavy atom. The van der Waals surface area contributed by atoms with Crippen molar-refractivity contribution in [3.05, 3.63) is 83.6 Å². The van der Waals surface area contributed by atoms with E-state index in [-0.39, 0.29) is 0 Å². The maximum atomic E-state index is 6.64. The van der Waals surface area contributed by atoms with Gasteiger partial charge < -0.3 is 17.2 Å². The van der Waals surface area contributed by atoms with Gasteiger partial charge in [-0.15, -0.1) is 0 Å². The second kappa shape index (κ2) is 5.79. The van der Waals surface area contributed by atoms with Gasteiger partial charge in [0.15, 0.2) is 0 Å². The van der Waals surface area contributed by atoms with Crippen LogP contribution in [0.1, 0.15) is 17.5 Å². The average molecular weight is 291 g/mol. The molecule has 0 saturated carbocycles. The summed E-state index contributed by atoms with van der Waals surface area (Å²) < 4.78 is 0. The summed E-state index contributed by atoms with van der Waals surface area (Å²) in [6.45, 7) is 0.531. The molecule has 0 aliphatic heterocycles. The van der Waals surface area contributed by atoms with Crippen LogP contribution in [-0.2, 0) is 12.1 Å². The fraction of sp³-hybridized carbons (Fsp3) is 0.158. The number of rotatable bonds is 3. The van der Waals surface area contributed by atoms with Gasteiger partial charge in [0, 0.05) is 12.2 Å². The largest absolute Gasteiger partial charge is 0.399 e. The van der Waals surface area contributed by atoms with E-state index < -0.39 is 5.54 Å². The Labute approximate surface area is 131 Å². The quantitative estimate of drug-likeness (QED) is 0.813. The van der Waals surface area contributed by atoms with E-state index in [1.165, 1.54) is 0 Å². The van der Waals surface area contributed by atoms with Gasteiger partial charge in [-0.2, -0.15) is 0 Å². The Hall–Kier alpha value is -2.36. The van der Waals surface area contributed by atoms with Crippen molar-refractivity contribution in [2.75, 3.05) is 0 Å². The molecule has 0 heterocycles. The van der Waals surface area contributed by atoms with Gasteiger partial charge >= 0.3 is 0 Å². The van der Waals surface area contributed by atoms with Gasteiger partial charge in [-0.3, -0.25) is 0 Å². The molecule has 2 aromatic carbocycles. The van der Waals surface area contributed by atoms with Crippen LogP contribution in [0.25, 0.3) is 11.1 Å². The molecule has 0 spiro atoms. The van der Waals surface area contributed by atoms with Gasteiger partial charge in [0.2, 0.25) is 0 Å². The van der Waals surface area contributed by atoms with Crippen LogP contribution in [0.2, 0.25) is 0 Å². The lowest BCUT2D eigenvalue weighted by atomic mass is 9.80. The molecule has 1 aliphatic carbocycles. The third-order valence-corrected chi connectivity index (χ3v) is 4.15. The summed E-state index contributed by atoms with van der Waals surface area (Å²) in [5, 5.41) is 0. The lowest BCUT2D eigenvalue weighted by molar-refractivity contribution is 0.563. The van der Waals surface area contributed by atoms with Gasteiger partial charge in [-0.1, -0.05) is 54.6 Å². The van der Waals surface area contributed by atoms with Crippen molar-refractivity contribution < 1.29 is 0 Å². The molecular formula is C19H21N3. The van der Waals surface area contributed by atoms with E-state index in [1.54, 1.807) is 0 Å². The fourth-order valence-electron chi connectivity index (χ4n) is 2.87. The molecule has 22 heavy (non-hydrogen) atoms. The highest BCUT2D eigenvalue weighted by molar-refractivity contribution is 5.70. The molecule has 3 heteroatoms. The summed E-state index contributed by atoms with van der Waals surface area (Å²) in [4.78, 5) is 0. The molecule has 6 N–H and O–H groups in total. The zero-order chi connectivity index (χ0) is 15.6. The molecule has 2 aromatic rings. The zero-order valence-corrected chi connectivity index (χ0v) is 12.5. The Morgan fingerprint density at radius 1 is 1.05 bits per heavy atom. The SMILES string of the molecule is NCc1cccc(-c2ccccc2C2(N)C=CC(N)=CC2)c1. The number of nitrogens with two attached hydrogens (primary N) is 3. The van der Waals surface area contributed by atoms with E-state index in [2.05, 4.69) is 24.3 Å². The van der Waals surface area contributed by atoms with E-state index in [0.29, 0.717) is 13.0 Å². The monoisotopic (exact) mass is 291 g/mol. The predicted molar refractivity (Wildman–Crippen MR) is 91.7 cm³/mol. The lowest BCUT2D eigenvalue weighted by Gasteiger charge is -2.30. The molecule has 0 saturated heterocycles. The summed E-state index contributed by atoms with van der Waals surface area (Å²) in [5.41, 5.74) is 23.0. The topological polar surface area (TPSA) is 78.1 Å². The van der Waals surface area contributed by atoms with Gasteiger partial charge in [-0.05, 0) is 40.8 Å². The standard InChI is InChI=1S/C19H21N3/c20-13-14-4-3-5-15(12-14)17-6-1-2-7-18(17)19(22)10-8-16(21)9-11-19/h1-10,12H,11,13,20-22H2. The third kappa shape index (κ3) is 2.69. The van der Waals surface area contributed by atoms with E-state index >= 15 is 0 Å². The molecule has 0 fully saturated rings. The Morgan fingerprint density at radius 3 is 2.59 bits per heavy atom. The van der Waals surface area contributed by atoms with Crippen LogP contribution in [0.4, 0.5) is 0 Å². The van der Waals surface area contributed by atoms with Gasteiger partial charge in [0.1, 0.15) is 0 Å². The van der Waals surface area contributed by atoms with Crippen LogP contribution in [0.3, 0.4) is 0 Å². The maximum absolute atomic E-state index is 6.64. The number of allylic oxidation sites excluding steroid dienone is 1.